The zero-order chi connectivity index (χ0) is 22.9. The van der Waals surface area contributed by atoms with Crippen molar-refractivity contribution < 1.29 is 17.9 Å². The highest BCUT2D eigenvalue weighted by atomic mass is 32.2. The van der Waals surface area contributed by atoms with E-state index in [0.29, 0.717) is 23.9 Å². The van der Waals surface area contributed by atoms with Gasteiger partial charge in [0.25, 0.3) is 10.0 Å². The van der Waals surface area contributed by atoms with Gasteiger partial charge in [-0.25, -0.2) is 8.42 Å². The molecule has 2 rings (SSSR count). The second-order valence-electron chi connectivity index (χ2n) is 7.75. The third-order valence-corrected chi connectivity index (χ3v) is 7.16. The Morgan fingerprint density at radius 3 is 2.45 bits per heavy atom. The van der Waals surface area contributed by atoms with Crippen molar-refractivity contribution in [2.45, 2.75) is 51.3 Å². The number of carbonyl (C=O) groups excluding carboxylic acids is 1. The molecule has 0 aliphatic carbocycles. The average Bonchev–Trinajstić information content (AvgIpc) is 2.77. The van der Waals surface area contributed by atoms with E-state index in [1.54, 1.807) is 48.5 Å². The monoisotopic (exact) mass is 446 g/mol. The van der Waals surface area contributed by atoms with Gasteiger partial charge in [0.1, 0.15) is 12.3 Å². The summed E-state index contributed by atoms with van der Waals surface area (Å²) in [7, 11) is -2.41. The van der Waals surface area contributed by atoms with Crippen LogP contribution >= 0.6 is 0 Å². The molecule has 0 aliphatic heterocycles. The van der Waals surface area contributed by atoms with Crippen molar-refractivity contribution in [3.63, 3.8) is 0 Å². The predicted molar refractivity (Wildman–Crippen MR) is 125 cm³/mol. The third kappa shape index (κ3) is 6.99. The Kier molecular flexibility index (Phi) is 9.37. The molecule has 0 fully saturated rings. The number of rotatable bonds is 12. The summed E-state index contributed by atoms with van der Waals surface area (Å²) in [4.78, 5) is 12.9. The van der Waals surface area contributed by atoms with Gasteiger partial charge in [0.05, 0.1) is 17.7 Å². The Hall–Kier alpha value is -2.54. The van der Waals surface area contributed by atoms with Crippen LogP contribution < -0.4 is 14.4 Å². The molecule has 7 heteroatoms. The number of hydrogen-bond acceptors (Lipinski definition) is 4. The van der Waals surface area contributed by atoms with Gasteiger partial charge < -0.3 is 10.1 Å². The van der Waals surface area contributed by atoms with Gasteiger partial charge in [-0.2, -0.15) is 0 Å². The van der Waals surface area contributed by atoms with Crippen LogP contribution in [0.15, 0.2) is 53.4 Å². The smallest absolute Gasteiger partial charge is 0.264 e. The maximum Gasteiger partial charge on any atom is 0.264 e. The third-order valence-electron chi connectivity index (χ3n) is 5.37. The van der Waals surface area contributed by atoms with Crippen molar-refractivity contribution >= 4 is 21.6 Å². The molecule has 0 radical (unpaired) electrons. The number of benzene rings is 2. The normalized spacial score (nSPS) is 12.3. The van der Waals surface area contributed by atoms with E-state index in [0.717, 1.165) is 35.6 Å². The summed E-state index contributed by atoms with van der Waals surface area (Å²) in [5.41, 5.74) is 1.34. The molecule has 0 saturated carbocycles. The largest absolute Gasteiger partial charge is 0.497 e. The Balaban J connectivity index is 2.27. The van der Waals surface area contributed by atoms with Crippen LogP contribution in [0.1, 0.15) is 45.1 Å². The Morgan fingerprint density at radius 1 is 1.13 bits per heavy atom. The summed E-state index contributed by atoms with van der Waals surface area (Å²) >= 11 is 0. The Labute approximate surface area is 186 Å². The number of unbranched alkanes of at least 4 members (excludes halogenated alkanes) is 1. The van der Waals surface area contributed by atoms with Crippen LogP contribution in [0.25, 0.3) is 0 Å². The van der Waals surface area contributed by atoms with Crippen LogP contribution in [0.2, 0.25) is 0 Å². The van der Waals surface area contributed by atoms with Crippen molar-refractivity contribution in [3.05, 3.63) is 54.1 Å². The lowest BCUT2D eigenvalue weighted by Gasteiger charge is -2.25. The van der Waals surface area contributed by atoms with Gasteiger partial charge in [0.2, 0.25) is 5.91 Å². The van der Waals surface area contributed by atoms with Gasteiger partial charge in [-0.15, -0.1) is 0 Å². The zero-order valence-corrected chi connectivity index (χ0v) is 19.7. The first-order valence-corrected chi connectivity index (χ1v) is 12.3. The number of carbonyl (C=O) groups is 1. The van der Waals surface area contributed by atoms with Gasteiger partial charge in [0.15, 0.2) is 0 Å². The first-order valence-electron chi connectivity index (χ1n) is 10.8. The quantitative estimate of drug-likeness (QED) is 0.520. The molecular weight excluding hydrogens is 412 g/mol. The molecule has 6 nitrogen and oxygen atoms in total. The lowest BCUT2D eigenvalue weighted by molar-refractivity contribution is -0.119. The molecule has 2 aromatic carbocycles. The fourth-order valence-electron chi connectivity index (χ4n) is 3.31. The van der Waals surface area contributed by atoms with Crippen LogP contribution in [-0.2, 0) is 14.8 Å². The van der Waals surface area contributed by atoms with Gasteiger partial charge >= 0.3 is 0 Å². The minimum Gasteiger partial charge on any atom is -0.497 e. The van der Waals surface area contributed by atoms with Crippen LogP contribution in [0, 0.1) is 12.8 Å². The van der Waals surface area contributed by atoms with Crippen molar-refractivity contribution in [2.24, 2.45) is 5.92 Å². The first kappa shape index (κ1) is 24.7. The minimum absolute atomic E-state index is 0.142. The van der Waals surface area contributed by atoms with E-state index in [1.165, 1.54) is 7.11 Å². The number of nitrogens with one attached hydrogen (secondary N) is 1. The summed E-state index contributed by atoms with van der Waals surface area (Å²) in [6.45, 7) is 6.40. The SMILES string of the molecule is CCCC[C@H](CC)CNC(=O)CN(c1cccc(OC)c1)S(=O)(=O)c1ccc(C)cc1. The molecule has 0 aromatic heterocycles. The van der Waals surface area contributed by atoms with E-state index in [2.05, 4.69) is 19.2 Å². The number of anilines is 1. The predicted octanol–water partition coefficient (Wildman–Crippen LogP) is 4.53. The second-order valence-corrected chi connectivity index (χ2v) is 9.61. The standard InChI is InChI=1S/C24H34N2O4S/c1-5-7-9-20(6-2)17-25-24(27)18-26(21-10-8-11-22(16-21)30-4)31(28,29)23-14-12-19(3)13-15-23/h8,10-16,20H,5-7,9,17-18H2,1-4H3,(H,25,27)/t20-/m0/s1. The van der Waals surface area contributed by atoms with E-state index in [4.69, 9.17) is 4.74 Å². The fraction of sp³-hybridized carbons (Fsp3) is 0.458. The maximum atomic E-state index is 13.4. The number of sulfonamides is 1. The Morgan fingerprint density at radius 2 is 1.84 bits per heavy atom. The van der Waals surface area contributed by atoms with E-state index >= 15 is 0 Å². The van der Waals surface area contributed by atoms with E-state index < -0.39 is 10.0 Å². The highest BCUT2D eigenvalue weighted by Crippen LogP contribution is 2.27. The molecule has 2 aromatic rings. The van der Waals surface area contributed by atoms with Gasteiger partial charge in [-0.3, -0.25) is 9.10 Å². The highest BCUT2D eigenvalue weighted by molar-refractivity contribution is 7.92. The molecule has 0 unspecified atom stereocenters. The molecule has 0 spiro atoms. The van der Waals surface area contributed by atoms with Crippen molar-refractivity contribution in [1.82, 2.24) is 5.32 Å². The lowest BCUT2D eigenvalue weighted by Crippen LogP contribution is -2.42. The summed E-state index contributed by atoms with van der Waals surface area (Å²) in [6, 6.07) is 13.3. The molecule has 0 bridgehead atoms. The summed E-state index contributed by atoms with van der Waals surface area (Å²) in [6.07, 6.45) is 4.26. The molecule has 1 atom stereocenters. The van der Waals surface area contributed by atoms with Crippen molar-refractivity contribution in [2.75, 3.05) is 24.5 Å². The number of ether oxygens (including phenoxy) is 1. The van der Waals surface area contributed by atoms with Crippen LogP contribution in [0.5, 0.6) is 5.75 Å². The number of amides is 1. The van der Waals surface area contributed by atoms with Crippen LogP contribution in [0.4, 0.5) is 5.69 Å². The molecule has 1 amide bonds. The summed E-state index contributed by atoms with van der Waals surface area (Å²) < 4.78 is 33.2. The maximum absolute atomic E-state index is 13.4. The van der Waals surface area contributed by atoms with E-state index in [-0.39, 0.29) is 17.3 Å². The number of methoxy groups -OCH3 is 1. The molecule has 1 N–H and O–H groups in total. The van der Waals surface area contributed by atoms with Gasteiger partial charge in [-0.1, -0.05) is 56.9 Å². The minimum atomic E-state index is -3.93. The average molecular weight is 447 g/mol. The zero-order valence-electron chi connectivity index (χ0n) is 18.9. The van der Waals surface area contributed by atoms with Gasteiger partial charge in [0, 0.05) is 12.6 Å². The number of hydrogen-bond donors (Lipinski definition) is 1. The molecular formula is C24H34N2O4S. The number of aryl methyl sites for hydroxylation is 1. The van der Waals surface area contributed by atoms with Crippen molar-refractivity contribution in [3.8, 4) is 5.75 Å². The molecule has 0 saturated heterocycles. The van der Waals surface area contributed by atoms with E-state index in [9.17, 15) is 13.2 Å². The molecule has 0 aliphatic rings. The molecule has 0 heterocycles. The lowest BCUT2D eigenvalue weighted by atomic mass is 9.99. The Bertz CT molecular complexity index is 942. The summed E-state index contributed by atoms with van der Waals surface area (Å²) in [5, 5.41) is 2.93. The first-order chi connectivity index (χ1) is 14.8. The fourth-order valence-corrected chi connectivity index (χ4v) is 4.72. The number of nitrogens with zero attached hydrogens (tertiary/aromatic N) is 1. The second kappa shape index (κ2) is 11.7. The van der Waals surface area contributed by atoms with Crippen LogP contribution in [0.3, 0.4) is 0 Å². The highest BCUT2D eigenvalue weighted by Gasteiger charge is 2.27. The van der Waals surface area contributed by atoms with Gasteiger partial charge in [-0.05, 0) is 43.5 Å². The van der Waals surface area contributed by atoms with Crippen LogP contribution in [-0.4, -0.2) is 34.5 Å². The molecule has 31 heavy (non-hydrogen) atoms. The topological polar surface area (TPSA) is 75.7 Å². The summed E-state index contributed by atoms with van der Waals surface area (Å²) in [5.74, 6) is 0.587. The van der Waals surface area contributed by atoms with E-state index in [1.807, 2.05) is 6.92 Å². The van der Waals surface area contributed by atoms with Crippen molar-refractivity contribution in [1.29, 1.82) is 0 Å². The molecule has 170 valence electrons.